The fraction of sp³-hybridized carbons (Fsp3) is 0.607. The van der Waals surface area contributed by atoms with Crippen LogP contribution >= 0.6 is 0 Å². The fourth-order valence-electron chi connectivity index (χ4n) is 6.00. The van der Waals surface area contributed by atoms with Crippen LogP contribution in [-0.4, -0.2) is 71.4 Å². The molecule has 2 N–H and O–H groups in total. The van der Waals surface area contributed by atoms with Gasteiger partial charge in [-0.15, -0.1) is 0 Å². The zero-order valence-corrected chi connectivity index (χ0v) is 22.2. The molecule has 1 aromatic rings. The number of nitrogens with one attached hydrogen (secondary N) is 2. The molecule has 1 aromatic carbocycles. The van der Waals surface area contributed by atoms with Crippen LogP contribution in [0.2, 0.25) is 0 Å². The summed E-state index contributed by atoms with van der Waals surface area (Å²) >= 11 is 0. The Balaban J connectivity index is 1.40. The molecular formula is C28H35N5O5. The molecule has 38 heavy (non-hydrogen) atoms. The van der Waals surface area contributed by atoms with E-state index < -0.39 is 29.6 Å². The van der Waals surface area contributed by atoms with Crippen LogP contribution in [0.15, 0.2) is 24.3 Å². The Labute approximate surface area is 222 Å². The normalized spacial score (nSPS) is 26.0. The lowest BCUT2D eigenvalue weighted by atomic mass is 9.80. The number of fused-ring (bicyclic) bond motifs is 2. The first-order valence-corrected chi connectivity index (χ1v) is 13.4. The lowest BCUT2D eigenvalue weighted by Gasteiger charge is -2.33. The molecule has 10 heteroatoms. The zero-order valence-electron chi connectivity index (χ0n) is 22.2. The standard InChI is InChI=1S/C28H35N5O5/c1-27(2,3)14-21(30-23(34)22(12-17-8-9-17)32-10-11-38-26(32)37)24(35)33-16-28(13-18(33)15-29)19-6-4-5-7-20(19)31-25(28)36/h4-7,17-18,21-22H,8-14,16H2,1-3H3,(H,30,34)(H,31,36)/t18-,21-,22?,28-/m0/s1. The quantitative estimate of drug-likeness (QED) is 0.567. The molecule has 1 aliphatic carbocycles. The van der Waals surface area contributed by atoms with Gasteiger partial charge in [-0.25, -0.2) is 4.79 Å². The molecule has 1 saturated carbocycles. The largest absolute Gasteiger partial charge is 0.448 e. The predicted octanol–water partition coefficient (Wildman–Crippen LogP) is 2.54. The van der Waals surface area contributed by atoms with Gasteiger partial charge in [0.1, 0.15) is 24.7 Å². The van der Waals surface area contributed by atoms with Crippen molar-refractivity contribution in [2.75, 3.05) is 25.0 Å². The SMILES string of the molecule is CC(C)(C)C[C@H](NC(=O)C(CC1CC1)N1CCOC1=O)C(=O)N1C[C@]2(C[C@H]1C#N)C(=O)Nc1ccccc12. The van der Waals surface area contributed by atoms with E-state index in [-0.39, 0.29) is 42.7 Å². The highest BCUT2D eigenvalue weighted by Gasteiger charge is 2.56. The molecule has 1 unspecified atom stereocenters. The van der Waals surface area contributed by atoms with Crippen LogP contribution in [0.1, 0.15) is 58.4 Å². The molecule has 4 aliphatic rings. The maximum atomic E-state index is 14.1. The first-order valence-electron chi connectivity index (χ1n) is 13.4. The number of carbonyl (C=O) groups excluding carboxylic acids is 4. The number of carbonyl (C=O) groups is 4. The van der Waals surface area contributed by atoms with Gasteiger partial charge in [0.15, 0.2) is 0 Å². The number of para-hydroxylation sites is 1. The summed E-state index contributed by atoms with van der Waals surface area (Å²) in [6.45, 7) is 6.57. The Bertz CT molecular complexity index is 1200. The molecule has 0 radical (unpaired) electrons. The predicted molar refractivity (Wildman–Crippen MR) is 138 cm³/mol. The molecule has 0 bridgehead atoms. The van der Waals surface area contributed by atoms with Gasteiger partial charge in [0.25, 0.3) is 0 Å². The van der Waals surface area contributed by atoms with E-state index in [1.54, 1.807) is 0 Å². The van der Waals surface area contributed by atoms with Crippen molar-refractivity contribution in [2.45, 2.75) is 76.4 Å². The molecule has 202 valence electrons. The van der Waals surface area contributed by atoms with Crippen molar-refractivity contribution < 1.29 is 23.9 Å². The first kappa shape index (κ1) is 26.0. The molecule has 2 saturated heterocycles. The van der Waals surface area contributed by atoms with Crippen LogP contribution in [0.3, 0.4) is 0 Å². The van der Waals surface area contributed by atoms with Gasteiger partial charge in [-0.2, -0.15) is 5.26 Å². The third-order valence-electron chi connectivity index (χ3n) is 8.07. The van der Waals surface area contributed by atoms with Crippen LogP contribution in [0.4, 0.5) is 10.5 Å². The van der Waals surface area contributed by atoms with Gasteiger partial charge in [0, 0.05) is 18.7 Å². The van der Waals surface area contributed by atoms with Gasteiger partial charge in [0.2, 0.25) is 17.7 Å². The number of nitriles is 1. The number of likely N-dealkylation sites (tertiary alicyclic amines) is 1. The summed E-state index contributed by atoms with van der Waals surface area (Å²) < 4.78 is 5.09. The van der Waals surface area contributed by atoms with Crippen molar-refractivity contribution in [3.8, 4) is 6.07 Å². The van der Waals surface area contributed by atoms with Gasteiger partial charge in [-0.05, 0) is 35.8 Å². The van der Waals surface area contributed by atoms with E-state index in [0.29, 0.717) is 31.0 Å². The summed E-state index contributed by atoms with van der Waals surface area (Å²) in [6, 6.07) is 7.15. The molecule has 3 fully saturated rings. The van der Waals surface area contributed by atoms with Gasteiger partial charge in [0.05, 0.1) is 18.0 Å². The van der Waals surface area contributed by atoms with E-state index in [4.69, 9.17) is 4.74 Å². The lowest BCUT2D eigenvalue weighted by molar-refractivity contribution is -0.138. The Morgan fingerprint density at radius 2 is 2.00 bits per heavy atom. The van der Waals surface area contributed by atoms with Crippen LogP contribution in [0.5, 0.6) is 0 Å². The maximum absolute atomic E-state index is 14.1. The minimum atomic E-state index is -1.00. The summed E-state index contributed by atoms with van der Waals surface area (Å²) in [7, 11) is 0. The molecule has 1 spiro atoms. The van der Waals surface area contributed by atoms with Crippen molar-refractivity contribution in [1.82, 2.24) is 15.1 Å². The molecule has 4 atom stereocenters. The summed E-state index contributed by atoms with van der Waals surface area (Å²) in [6.07, 6.45) is 2.57. The van der Waals surface area contributed by atoms with E-state index in [9.17, 15) is 24.4 Å². The molecular weight excluding hydrogens is 486 g/mol. The van der Waals surface area contributed by atoms with E-state index >= 15 is 0 Å². The van der Waals surface area contributed by atoms with Gasteiger partial charge < -0.3 is 20.3 Å². The van der Waals surface area contributed by atoms with E-state index in [1.165, 1.54) is 9.80 Å². The highest BCUT2D eigenvalue weighted by Crippen LogP contribution is 2.46. The molecule has 10 nitrogen and oxygen atoms in total. The number of rotatable bonds is 7. The van der Waals surface area contributed by atoms with Crippen molar-refractivity contribution in [3.63, 3.8) is 0 Å². The molecule has 5 rings (SSSR count). The minimum Gasteiger partial charge on any atom is -0.448 e. The molecule has 4 amide bonds. The molecule has 0 aromatic heterocycles. The highest BCUT2D eigenvalue weighted by molar-refractivity contribution is 6.07. The first-order chi connectivity index (χ1) is 18.0. The lowest BCUT2D eigenvalue weighted by Crippen LogP contribution is -2.56. The van der Waals surface area contributed by atoms with Crippen LogP contribution in [0, 0.1) is 22.7 Å². The number of ether oxygens (including phenoxy) is 1. The van der Waals surface area contributed by atoms with Crippen molar-refractivity contribution in [3.05, 3.63) is 29.8 Å². The number of hydrogen-bond donors (Lipinski definition) is 2. The summed E-state index contributed by atoms with van der Waals surface area (Å²) in [5, 5.41) is 15.9. The zero-order chi connectivity index (χ0) is 27.2. The Morgan fingerprint density at radius 3 is 2.63 bits per heavy atom. The average Bonchev–Trinajstić information content (AvgIpc) is 3.34. The Kier molecular flexibility index (Phi) is 6.58. The smallest absolute Gasteiger partial charge is 0.410 e. The van der Waals surface area contributed by atoms with E-state index in [1.807, 2.05) is 45.0 Å². The van der Waals surface area contributed by atoms with Crippen LogP contribution in [-0.2, 0) is 24.5 Å². The summed E-state index contributed by atoms with van der Waals surface area (Å²) in [5.74, 6) is -0.617. The second kappa shape index (κ2) is 9.61. The van der Waals surface area contributed by atoms with Crippen molar-refractivity contribution in [1.29, 1.82) is 5.26 Å². The summed E-state index contributed by atoms with van der Waals surface area (Å²) in [4.78, 5) is 56.0. The third-order valence-corrected chi connectivity index (χ3v) is 8.07. The summed E-state index contributed by atoms with van der Waals surface area (Å²) in [5.41, 5.74) is 0.164. The average molecular weight is 522 g/mol. The van der Waals surface area contributed by atoms with Crippen LogP contribution in [0.25, 0.3) is 0 Å². The number of benzene rings is 1. The monoisotopic (exact) mass is 521 g/mol. The minimum absolute atomic E-state index is 0.0629. The van der Waals surface area contributed by atoms with Crippen molar-refractivity contribution in [2.24, 2.45) is 11.3 Å². The maximum Gasteiger partial charge on any atom is 0.410 e. The number of cyclic esters (lactones) is 1. The van der Waals surface area contributed by atoms with Crippen molar-refractivity contribution >= 4 is 29.5 Å². The van der Waals surface area contributed by atoms with E-state index in [2.05, 4.69) is 16.7 Å². The number of hydrogen-bond acceptors (Lipinski definition) is 6. The topological polar surface area (TPSA) is 132 Å². The second-order valence-electron chi connectivity index (χ2n) is 12.2. The number of anilines is 1. The third kappa shape index (κ3) is 4.82. The fourth-order valence-corrected chi connectivity index (χ4v) is 6.00. The Hall–Kier alpha value is -3.61. The highest BCUT2D eigenvalue weighted by atomic mass is 16.6. The second-order valence-corrected chi connectivity index (χ2v) is 12.2. The number of nitrogens with zero attached hydrogens (tertiary/aromatic N) is 3. The molecule has 3 aliphatic heterocycles. The number of amides is 4. The van der Waals surface area contributed by atoms with E-state index in [0.717, 1.165) is 18.4 Å². The van der Waals surface area contributed by atoms with Gasteiger partial charge >= 0.3 is 6.09 Å². The Morgan fingerprint density at radius 1 is 1.26 bits per heavy atom. The molecule has 3 heterocycles. The van der Waals surface area contributed by atoms with Gasteiger partial charge in [-0.1, -0.05) is 51.8 Å². The van der Waals surface area contributed by atoms with Gasteiger partial charge in [-0.3, -0.25) is 19.3 Å². The van der Waals surface area contributed by atoms with Crippen LogP contribution < -0.4 is 10.6 Å².